The van der Waals surface area contributed by atoms with Crippen LogP contribution < -0.4 is 24.8 Å². The second-order valence-electron chi connectivity index (χ2n) is 9.95. The Bertz CT molecular complexity index is 2000. The number of benzene rings is 4. The smallest absolute Gasteiger partial charge is 0.273 e. The van der Waals surface area contributed by atoms with Crippen molar-refractivity contribution < 1.29 is 9.53 Å². The Morgan fingerprint density at radius 2 is 1.69 bits per heavy atom. The number of amides is 1. The van der Waals surface area contributed by atoms with Crippen molar-refractivity contribution in [2.75, 3.05) is 5.32 Å². The van der Waals surface area contributed by atoms with Crippen molar-refractivity contribution in [2.24, 2.45) is 0 Å². The summed E-state index contributed by atoms with van der Waals surface area (Å²) < 4.78 is 8.12. The Hall–Kier alpha value is -5.19. The van der Waals surface area contributed by atoms with E-state index < -0.39 is 5.91 Å². The summed E-state index contributed by atoms with van der Waals surface area (Å²) in [6.07, 6.45) is 1.77. The standard InChI is InChI=1S/C35H29N3O3S/c1-23-16-17-25(3)31(18-23)38-34(40)32(20-27-13-9-14-28(19-27)41-22-26-11-5-4-6-12-26)42-35(38)29(21-36)33(39)37-30-15-8-7-10-24(30)2/h4-20H,22H2,1-3H3,(H,37,39). The normalized spacial score (nSPS) is 12.0. The van der Waals surface area contributed by atoms with Gasteiger partial charge in [0.25, 0.3) is 11.5 Å². The number of rotatable bonds is 7. The number of nitrogens with zero attached hydrogens (tertiary/aromatic N) is 2. The van der Waals surface area contributed by atoms with Crippen LogP contribution in [0.1, 0.15) is 27.8 Å². The number of carbonyl (C=O) groups excluding carboxylic acids is 1. The lowest BCUT2D eigenvalue weighted by atomic mass is 10.1. The van der Waals surface area contributed by atoms with Crippen molar-refractivity contribution in [3.63, 3.8) is 0 Å². The van der Waals surface area contributed by atoms with Gasteiger partial charge in [-0.3, -0.25) is 14.2 Å². The molecule has 208 valence electrons. The third kappa shape index (κ3) is 6.25. The number of carbonyl (C=O) groups is 1. The molecule has 0 unspecified atom stereocenters. The van der Waals surface area contributed by atoms with E-state index in [1.165, 1.54) is 4.57 Å². The quantitative estimate of drug-likeness (QED) is 0.278. The molecule has 0 fully saturated rings. The minimum atomic E-state index is -0.574. The summed E-state index contributed by atoms with van der Waals surface area (Å²) in [5.41, 5.74) is 5.27. The first-order chi connectivity index (χ1) is 20.3. The minimum Gasteiger partial charge on any atom is -0.489 e. The number of hydrogen-bond acceptors (Lipinski definition) is 5. The second-order valence-corrected chi connectivity index (χ2v) is 11.0. The maximum absolute atomic E-state index is 14.0. The monoisotopic (exact) mass is 571 g/mol. The Balaban J connectivity index is 1.64. The molecule has 1 amide bonds. The Morgan fingerprint density at radius 1 is 0.929 bits per heavy atom. The third-order valence-electron chi connectivity index (χ3n) is 6.78. The van der Waals surface area contributed by atoms with Crippen molar-refractivity contribution in [1.29, 1.82) is 5.26 Å². The summed E-state index contributed by atoms with van der Waals surface area (Å²) in [5.74, 6) is 0.0936. The second kappa shape index (κ2) is 12.5. The molecule has 0 saturated carbocycles. The lowest BCUT2D eigenvalue weighted by Crippen LogP contribution is -2.32. The minimum absolute atomic E-state index is 0.138. The van der Waals surface area contributed by atoms with Gasteiger partial charge in [0.2, 0.25) is 0 Å². The molecule has 0 radical (unpaired) electrons. The Labute approximate surface area is 248 Å². The fraction of sp³-hybridized carbons (Fsp3) is 0.114. The molecule has 0 atom stereocenters. The van der Waals surface area contributed by atoms with Gasteiger partial charge in [-0.15, -0.1) is 11.3 Å². The highest BCUT2D eigenvalue weighted by molar-refractivity contribution is 7.07. The molecule has 0 spiro atoms. The van der Waals surface area contributed by atoms with E-state index >= 15 is 0 Å². The zero-order valence-corrected chi connectivity index (χ0v) is 24.4. The van der Waals surface area contributed by atoms with Crippen LogP contribution >= 0.6 is 11.3 Å². The molecule has 0 bridgehead atoms. The van der Waals surface area contributed by atoms with Gasteiger partial charge in [-0.05, 0) is 78.9 Å². The van der Waals surface area contributed by atoms with Crippen LogP contribution in [0.2, 0.25) is 0 Å². The predicted molar refractivity (Wildman–Crippen MR) is 168 cm³/mol. The van der Waals surface area contributed by atoms with E-state index in [0.717, 1.165) is 39.2 Å². The summed E-state index contributed by atoms with van der Waals surface area (Å²) in [6, 6.07) is 32.6. The van der Waals surface area contributed by atoms with Crippen LogP contribution in [0.15, 0.2) is 102 Å². The number of nitriles is 1. The van der Waals surface area contributed by atoms with E-state index in [4.69, 9.17) is 4.74 Å². The van der Waals surface area contributed by atoms with Crippen molar-refractivity contribution in [1.82, 2.24) is 4.57 Å². The molecule has 1 aromatic heterocycles. The molecule has 42 heavy (non-hydrogen) atoms. The van der Waals surface area contributed by atoms with E-state index in [-0.39, 0.29) is 15.8 Å². The first kappa shape index (κ1) is 28.3. The molecule has 7 heteroatoms. The Morgan fingerprint density at radius 3 is 2.45 bits per heavy atom. The van der Waals surface area contributed by atoms with Crippen LogP contribution in [0, 0.1) is 32.1 Å². The van der Waals surface area contributed by atoms with E-state index in [9.17, 15) is 14.9 Å². The van der Waals surface area contributed by atoms with Gasteiger partial charge in [-0.25, -0.2) is 0 Å². The molecule has 6 nitrogen and oxygen atoms in total. The summed E-state index contributed by atoms with van der Waals surface area (Å²) in [5, 5.41) is 13.0. The highest BCUT2D eigenvalue weighted by Crippen LogP contribution is 2.18. The molecule has 5 aromatic rings. The molecule has 0 aliphatic heterocycles. The topological polar surface area (TPSA) is 84.1 Å². The zero-order chi connectivity index (χ0) is 29.6. The molecule has 0 saturated heterocycles. The lowest BCUT2D eigenvalue weighted by Gasteiger charge is -2.10. The molecule has 5 rings (SSSR count). The van der Waals surface area contributed by atoms with Crippen LogP contribution in [0.25, 0.3) is 17.3 Å². The van der Waals surface area contributed by atoms with E-state index in [1.54, 1.807) is 12.1 Å². The van der Waals surface area contributed by atoms with E-state index in [1.807, 2.05) is 112 Å². The van der Waals surface area contributed by atoms with Gasteiger partial charge in [-0.2, -0.15) is 5.26 Å². The van der Waals surface area contributed by atoms with Gasteiger partial charge in [0.1, 0.15) is 23.1 Å². The van der Waals surface area contributed by atoms with Crippen molar-refractivity contribution in [2.45, 2.75) is 27.4 Å². The number of ether oxygens (including phenoxy) is 1. The average molecular weight is 572 g/mol. The van der Waals surface area contributed by atoms with Crippen LogP contribution in [0.5, 0.6) is 5.75 Å². The SMILES string of the molecule is Cc1ccc(C)c(-n2c(=C(C#N)C(=O)Nc3ccccc3C)sc(=Cc3cccc(OCc4ccccc4)c3)c2=O)c1. The van der Waals surface area contributed by atoms with Gasteiger partial charge in [0.05, 0.1) is 10.2 Å². The van der Waals surface area contributed by atoms with Crippen LogP contribution in [-0.4, -0.2) is 10.5 Å². The fourth-order valence-corrected chi connectivity index (χ4v) is 5.60. The predicted octanol–water partition coefficient (Wildman–Crippen LogP) is 5.55. The number of aryl methyl sites for hydroxylation is 3. The first-order valence-electron chi connectivity index (χ1n) is 13.4. The number of thiazole rings is 1. The Kier molecular flexibility index (Phi) is 8.47. The summed E-state index contributed by atoms with van der Waals surface area (Å²) in [6.45, 7) is 6.14. The highest BCUT2D eigenvalue weighted by Gasteiger charge is 2.19. The van der Waals surface area contributed by atoms with Crippen molar-refractivity contribution >= 4 is 34.6 Å². The van der Waals surface area contributed by atoms with Crippen molar-refractivity contribution in [3.05, 3.63) is 144 Å². The number of nitrogens with one attached hydrogen (secondary N) is 1. The summed E-state index contributed by atoms with van der Waals surface area (Å²) >= 11 is 1.12. The van der Waals surface area contributed by atoms with E-state index in [0.29, 0.717) is 28.3 Å². The third-order valence-corrected chi connectivity index (χ3v) is 7.87. The number of aromatic nitrogens is 1. The lowest BCUT2D eigenvalue weighted by molar-refractivity contribution is -0.111. The molecule has 1 heterocycles. The zero-order valence-electron chi connectivity index (χ0n) is 23.5. The maximum atomic E-state index is 14.0. The van der Waals surface area contributed by atoms with Crippen molar-refractivity contribution in [3.8, 4) is 17.5 Å². The van der Waals surface area contributed by atoms with Gasteiger partial charge >= 0.3 is 0 Å². The number of hydrogen-bond donors (Lipinski definition) is 1. The summed E-state index contributed by atoms with van der Waals surface area (Å²) in [4.78, 5) is 27.4. The van der Waals surface area contributed by atoms with Gasteiger partial charge in [0, 0.05) is 5.69 Å². The maximum Gasteiger partial charge on any atom is 0.273 e. The number of para-hydroxylation sites is 1. The average Bonchev–Trinajstić information content (AvgIpc) is 3.30. The molecule has 0 aliphatic rings. The van der Waals surface area contributed by atoms with Gasteiger partial charge in [0.15, 0.2) is 5.57 Å². The molecular weight excluding hydrogens is 542 g/mol. The first-order valence-corrected chi connectivity index (χ1v) is 14.2. The van der Waals surface area contributed by atoms with Gasteiger partial charge in [-0.1, -0.05) is 72.8 Å². The fourth-order valence-electron chi connectivity index (χ4n) is 4.51. The van der Waals surface area contributed by atoms with Gasteiger partial charge < -0.3 is 10.1 Å². The largest absolute Gasteiger partial charge is 0.489 e. The highest BCUT2D eigenvalue weighted by atomic mass is 32.1. The number of anilines is 1. The molecule has 4 aromatic carbocycles. The van der Waals surface area contributed by atoms with Crippen LogP contribution in [0.4, 0.5) is 5.69 Å². The molecule has 1 N–H and O–H groups in total. The van der Waals surface area contributed by atoms with Crippen LogP contribution in [-0.2, 0) is 11.4 Å². The summed E-state index contributed by atoms with van der Waals surface area (Å²) in [7, 11) is 0. The van der Waals surface area contributed by atoms with E-state index in [2.05, 4.69) is 11.4 Å². The van der Waals surface area contributed by atoms with Crippen LogP contribution in [0.3, 0.4) is 0 Å². The molecular formula is C35H29N3O3S. The molecule has 0 aliphatic carbocycles.